The molecule has 0 unspecified atom stereocenters. The van der Waals surface area contributed by atoms with Crippen molar-refractivity contribution in [2.24, 2.45) is 0 Å². The van der Waals surface area contributed by atoms with Crippen molar-refractivity contribution >= 4 is 52.6 Å². The van der Waals surface area contributed by atoms with E-state index in [4.69, 9.17) is 26.8 Å². The Labute approximate surface area is 213 Å². The van der Waals surface area contributed by atoms with Crippen LogP contribution in [-0.2, 0) is 14.4 Å². The summed E-state index contributed by atoms with van der Waals surface area (Å²) in [5, 5.41) is 8.96. The van der Waals surface area contributed by atoms with E-state index in [2.05, 4.69) is 0 Å². The third-order valence-electron chi connectivity index (χ3n) is 5.21. The van der Waals surface area contributed by atoms with Gasteiger partial charge in [-0.25, -0.2) is 4.79 Å². The molecular weight excluding hydrogens is 480 g/mol. The van der Waals surface area contributed by atoms with Gasteiger partial charge in [-0.1, -0.05) is 42.5 Å². The first-order valence-electron chi connectivity index (χ1n) is 11.1. The Morgan fingerprint density at radius 2 is 1.42 bits per heavy atom. The zero-order valence-electron chi connectivity index (χ0n) is 19.3. The minimum Gasteiger partial charge on any atom is -0.490 e. The van der Waals surface area contributed by atoms with Gasteiger partial charge in [-0.3, -0.25) is 19.4 Å². The maximum absolute atomic E-state index is 13.6. The second kappa shape index (κ2) is 10.8. The Kier molecular flexibility index (Phi) is 7.41. The maximum Gasteiger partial charge on any atom is 0.341 e. The summed E-state index contributed by atoms with van der Waals surface area (Å²) in [7, 11) is 0. The summed E-state index contributed by atoms with van der Waals surface area (Å²) < 4.78 is 10.9. The molecule has 1 aliphatic rings. The van der Waals surface area contributed by atoms with Gasteiger partial charge in [0.2, 0.25) is 0 Å². The number of carboxylic acid groups (broad SMARTS) is 1. The largest absolute Gasteiger partial charge is 0.490 e. The van der Waals surface area contributed by atoms with Crippen LogP contribution in [0, 0.1) is 0 Å². The van der Waals surface area contributed by atoms with Crippen LogP contribution in [0.1, 0.15) is 12.5 Å². The van der Waals surface area contributed by atoms with Crippen LogP contribution in [0.4, 0.5) is 11.4 Å². The van der Waals surface area contributed by atoms with Gasteiger partial charge in [-0.15, -0.1) is 0 Å². The molecule has 3 aromatic carbocycles. The van der Waals surface area contributed by atoms with Gasteiger partial charge in [0.05, 0.1) is 18.0 Å². The number of rotatable bonds is 8. The highest BCUT2D eigenvalue weighted by Gasteiger charge is 2.41. The number of carbonyl (C=O) groups excluding carboxylic acids is 2. The third-order valence-corrected chi connectivity index (χ3v) is 5.57. The average molecular weight is 503 g/mol. The Balaban J connectivity index is 1.79. The van der Waals surface area contributed by atoms with Gasteiger partial charge in [0.1, 0.15) is 5.57 Å². The highest BCUT2D eigenvalue weighted by Crippen LogP contribution is 2.32. The number of aliphatic carboxylic acids is 1. The number of carbonyl (C=O) groups is 3. The lowest BCUT2D eigenvalue weighted by Crippen LogP contribution is -2.56. The van der Waals surface area contributed by atoms with Crippen molar-refractivity contribution < 1.29 is 29.0 Å². The summed E-state index contributed by atoms with van der Waals surface area (Å²) in [6, 6.07) is 22.4. The normalized spacial score (nSPS) is 13.6. The van der Waals surface area contributed by atoms with Crippen LogP contribution in [0.25, 0.3) is 6.08 Å². The first kappa shape index (κ1) is 24.6. The number of anilines is 2. The summed E-state index contributed by atoms with van der Waals surface area (Å²) in [4.78, 5) is 40.7. The van der Waals surface area contributed by atoms with Crippen molar-refractivity contribution in [3.05, 3.63) is 90.0 Å². The molecular formula is C27H22N2O6S. The smallest absolute Gasteiger partial charge is 0.341 e. The fourth-order valence-corrected chi connectivity index (χ4v) is 4.02. The molecule has 2 amide bonds. The predicted octanol–water partition coefficient (Wildman–Crippen LogP) is 4.30. The highest BCUT2D eigenvalue weighted by molar-refractivity contribution is 7.81. The molecule has 1 saturated heterocycles. The molecule has 0 saturated carbocycles. The molecule has 1 aliphatic heterocycles. The standard InChI is InChI=1S/C27H22N2O6S/c1-2-34-23-16-18(13-14-22(23)35-17-24(30)31)15-21-25(32)28(19-9-5-3-6-10-19)27(36)29(26(21)33)20-11-7-4-8-12-20/h3-16H,2,17H2,1H3,(H,30,31). The molecule has 36 heavy (non-hydrogen) atoms. The summed E-state index contributed by atoms with van der Waals surface area (Å²) >= 11 is 5.61. The predicted molar refractivity (Wildman–Crippen MR) is 139 cm³/mol. The second-order valence-corrected chi connectivity index (χ2v) is 7.98. The van der Waals surface area contributed by atoms with Gasteiger partial charge >= 0.3 is 5.97 Å². The molecule has 0 aromatic heterocycles. The van der Waals surface area contributed by atoms with Crippen LogP contribution >= 0.6 is 12.2 Å². The van der Waals surface area contributed by atoms with E-state index in [0.29, 0.717) is 29.3 Å². The molecule has 1 fully saturated rings. The Morgan fingerprint density at radius 3 is 1.92 bits per heavy atom. The summed E-state index contributed by atoms with van der Waals surface area (Å²) in [6.07, 6.45) is 1.46. The number of carboxylic acids is 1. The first-order chi connectivity index (χ1) is 17.4. The van der Waals surface area contributed by atoms with E-state index in [1.165, 1.54) is 21.9 Å². The quantitative estimate of drug-likeness (QED) is 0.279. The van der Waals surface area contributed by atoms with E-state index in [1.54, 1.807) is 67.6 Å². The van der Waals surface area contributed by atoms with E-state index in [9.17, 15) is 14.4 Å². The van der Waals surface area contributed by atoms with Crippen LogP contribution in [-0.4, -0.2) is 41.2 Å². The second-order valence-electron chi connectivity index (χ2n) is 7.61. The van der Waals surface area contributed by atoms with Crippen LogP contribution < -0.4 is 19.3 Å². The fraction of sp³-hybridized carbons (Fsp3) is 0.111. The fourth-order valence-electron chi connectivity index (χ4n) is 3.65. The van der Waals surface area contributed by atoms with Crippen molar-refractivity contribution in [2.75, 3.05) is 23.0 Å². The van der Waals surface area contributed by atoms with E-state index >= 15 is 0 Å². The van der Waals surface area contributed by atoms with E-state index < -0.39 is 24.4 Å². The number of benzene rings is 3. The van der Waals surface area contributed by atoms with Gasteiger partial charge < -0.3 is 14.6 Å². The van der Waals surface area contributed by atoms with Gasteiger partial charge in [-0.2, -0.15) is 0 Å². The van der Waals surface area contributed by atoms with E-state index in [0.717, 1.165) is 0 Å². The molecule has 4 rings (SSSR count). The number of hydrogen-bond donors (Lipinski definition) is 1. The lowest BCUT2D eigenvalue weighted by Gasteiger charge is -2.36. The van der Waals surface area contributed by atoms with Crippen molar-refractivity contribution in [1.82, 2.24) is 0 Å². The molecule has 182 valence electrons. The highest BCUT2D eigenvalue weighted by atomic mass is 32.1. The number of thiocarbonyl (C=S) groups is 1. The summed E-state index contributed by atoms with van der Waals surface area (Å²) in [6.45, 7) is 1.54. The van der Waals surface area contributed by atoms with E-state index in [-0.39, 0.29) is 16.4 Å². The SMILES string of the molecule is CCOc1cc(C=C2C(=O)N(c3ccccc3)C(=S)N(c3ccccc3)C2=O)ccc1OCC(=O)O. The minimum absolute atomic E-state index is 0.0481. The molecule has 3 aromatic rings. The molecule has 0 aliphatic carbocycles. The maximum atomic E-state index is 13.6. The monoisotopic (exact) mass is 502 g/mol. The lowest BCUT2D eigenvalue weighted by molar-refractivity contribution is -0.139. The molecule has 9 heteroatoms. The van der Waals surface area contributed by atoms with Gasteiger partial charge in [0, 0.05) is 0 Å². The number of para-hydroxylation sites is 2. The topological polar surface area (TPSA) is 96.4 Å². The molecule has 0 bridgehead atoms. The average Bonchev–Trinajstić information content (AvgIpc) is 2.87. The van der Waals surface area contributed by atoms with E-state index in [1.807, 2.05) is 12.1 Å². The number of ether oxygens (including phenoxy) is 2. The number of hydrogen-bond acceptors (Lipinski definition) is 6. The lowest BCUT2D eigenvalue weighted by atomic mass is 10.0. The van der Waals surface area contributed by atoms with Crippen LogP contribution in [0.3, 0.4) is 0 Å². The number of nitrogens with zero attached hydrogens (tertiary/aromatic N) is 2. The Hall–Kier alpha value is -4.50. The van der Waals surface area contributed by atoms with Crippen molar-refractivity contribution in [3.63, 3.8) is 0 Å². The first-order valence-corrected chi connectivity index (χ1v) is 11.5. The van der Waals surface area contributed by atoms with Gasteiger partial charge in [0.25, 0.3) is 11.8 Å². The van der Waals surface area contributed by atoms with Crippen LogP contribution in [0.2, 0.25) is 0 Å². The van der Waals surface area contributed by atoms with Gasteiger partial charge in [-0.05, 0) is 67.2 Å². The molecule has 0 spiro atoms. The molecule has 1 heterocycles. The molecule has 1 N–H and O–H groups in total. The summed E-state index contributed by atoms with van der Waals surface area (Å²) in [5.74, 6) is -1.72. The van der Waals surface area contributed by atoms with Gasteiger partial charge in [0.15, 0.2) is 23.2 Å². The molecule has 8 nitrogen and oxygen atoms in total. The van der Waals surface area contributed by atoms with Crippen LogP contribution in [0.15, 0.2) is 84.4 Å². The van der Waals surface area contributed by atoms with Crippen molar-refractivity contribution in [3.8, 4) is 11.5 Å². The molecule has 0 radical (unpaired) electrons. The van der Waals surface area contributed by atoms with Crippen LogP contribution in [0.5, 0.6) is 11.5 Å². The minimum atomic E-state index is -1.12. The third kappa shape index (κ3) is 5.11. The zero-order chi connectivity index (χ0) is 25.7. The zero-order valence-corrected chi connectivity index (χ0v) is 20.1. The van der Waals surface area contributed by atoms with Crippen molar-refractivity contribution in [1.29, 1.82) is 0 Å². The number of amides is 2. The molecule has 0 atom stereocenters. The Morgan fingerprint density at radius 1 is 0.861 bits per heavy atom. The van der Waals surface area contributed by atoms with Crippen molar-refractivity contribution in [2.45, 2.75) is 6.92 Å². The summed E-state index contributed by atoms with van der Waals surface area (Å²) in [5.41, 5.74) is 1.45. The Bertz CT molecular complexity index is 1280.